The summed E-state index contributed by atoms with van der Waals surface area (Å²) in [6.07, 6.45) is 12.7. The quantitative estimate of drug-likeness (QED) is 0.0310. The Kier molecular flexibility index (Phi) is 28.4. The largest absolute Gasteiger partial charge is 0.481 e. The van der Waals surface area contributed by atoms with Crippen LogP contribution in [0.5, 0.6) is 0 Å². The summed E-state index contributed by atoms with van der Waals surface area (Å²) in [4.78, 5) is 115. The van der Waals surface area contributed by atoms with Crippen molar-refractivity contribution in [1.29, 1.82) is 0 Å². The molecule has 26 nitrogen and oxygen atoms in total. The van der Waals surface area contributed by atoms with Crippen molar-refractivity contribution in [1.82, 2.24) is 57.6 Å². The summed E-state index contributed by atoms with van der Waals surface area (Å²) in [7, 11) is 0. The fourth-order valence-electron chi connectivity index (χ4n) is 11.3. The minimum atomic E-state index is -0.833. The number of aromatic nitrogens is 6. The van der Waals surface area contributed by atoms with E-state index in [1.165, 1.54) is 48.5 Å². The van der Waals surface area contributed by atoms with E-state index in [1.807, 2.05) is 59.7 Å². The maximum atomic E-state index is 13.3. The number of aliphatic carboxylic acids is 1. The number of rotatable bonds is 21. The van der Waals surface area contributed by atoms with E-state index in [9.17, 15) is 28.8 Å². The Hall–Kier alpha value is -7.34. The average Bonchev–Trinajstić information content (AvgIpc) is 1.02. The van der Waals surface area contributed by atoms with Gasteiger partial charge in [-0.15, -0.1) is 0 Å². The molecule has 4 N–H and O–H groups in total. The van der Waals surface area contributed by atoms with Gasteiger partial charge in [0.25, 0.3) is 40.4 Å². The number of carbonyl (C=O) groups is 4. The summed E-state index contributed by atoms with van der Waals surface area (Å²) in [5.74, 6) is 0.0939. The first-order valence-electron chi connectivity index (χ1n) is 33.3. The number of carbonyl (C=O) groups excluding carboxylic acids is 3. The summed E-state index contributed by atoms with van der Waals surface area (Å²) in [5.41, 5.74) is 2.10. The molecule has 0 unspecified atom stereocenters. The van der Waals surface area contributed by atoms with Crippen molar-refractivity contribution in [3.8, 4) is 0 Å². The molecule has 0 aromatic carbocycles. The summed E-state index contributed by atoms with van der Waals surface area (Å²) >= 11 is 19.8. The first kappa shape index (κ1) is 76.8. The van der Waals surface area contributed by atoms with Crippen LogP contribution in [0.25, 0.3) is 35.2 Å². The predicted molar refractivity (Wildman–Crippen MR) is 409 cm³/mol. The van der Waals surface area contributed by atoms with Gasteiger partial charge in [0.1, 0.15) is 47.4 Å². The van der Waals surface area contributed by atoms with E-state index in [4.69, 9.17) is 60.8 Å². The summed E-state index contributed by atoms with van der Waals surface area (Å²) in [5, 5.41) is 17.4. The number of hydrogen-bond donors (Lipinski definition) is 4. The molecule has 0 radical (unpaired) electrons. The molecule has 12 rings (SSSR count). The molecule has 0 saturated carbocycles. The van der Waals surface area contributed by atoms with E-state index in [-0.39, 0.29) is 52.5 Å². The van der Waals surface area contributed by atoms with E-state index in [2.05, 4.69) is 45.6 Å². The predicted octanol–water partition coefficient (Wildman–Crippen LogP) is 7.41. The zero-order chi connectivity index (χ0) is 71.6. The maximum absolute atomic E-state index is 13.3. The highest BCUT2D eigenvalue weighted by Crippen LogP contribution is 2.37. The smallest absolute Gasteiger partial charge is 0.300 e. The maximum Gasteiger partial charge on any atom is 0.300 e. The van der Waals surface area contributed by atoms with Crippen LogP contribution in [0.4, 0.5) is 17.5 Å². The van der Waals surface area contributed by atoms with Crippen LogP contribution in [0.2, 0.25) is 0 Å². The number of nitrogens with zero attached hydrogens (tertiary/aromatic N) is 12. The summed E-state index contributed by atoms with van der Waals surface area (Å²) in [6, 6.07) is 16.2. The van der Waals surface area contributed by atoms with Crippen LogP contribution in [0.1, 0.15) is 84.4 Å². The Balaban J connectivity index is 0.000000170. The molecule has 32 heteroatoms. The van der Waals surface area contributed by atoms with Gasteiger partial charge in [-0.05, 0) is 135 Å². The van der Waals surface area contributed by atoms with E-state index in [0.29, 0.717) is 98.4 Å². The highest BCUT2D eigenvalue weighted by Gasteiger charge is 2.37. The lowest BCUT2D eigenvalue weighted by atomic mass is 10.2. The molecule has 0 bridgehead atoms. The third kappa shape index (κ3) is 20.0. The zero-order valence-corrected chi connectivity index (χ0v) is 62.0. The van der Waals surface area contributed by atoms with Gasteiger partial charge in [-0.3, -0.25) is 76.2 Å². The van der Waals surface area contributed by atoms with Gasteiger partial charge in [-0.25, -0.2) is 15.0 Å². The van der Waals surface area contributed by atoms with E-state index in [1.54, 1.807) is 87.9 Å². The average molecular weight is 1480 g/mol. The number of thiocarbonyl (C=S) groups is 3. The van der Waals surface area contributed by atoms with Gasteiger partial charge in [0.2, 0.25) is 0 Å². The lowest BCUT2D eigenvalue weighted by Gasteiger charge is -2.26. The number of thioether (sulfide) groups is 3. The molecule has 6 aromatic heterocycles. The van der Waals surface area contributed by atoms with Crippen molar-refractivity contribution in [3.05, 3.63) is 136 Å². The number of carboxylic acid groups (broad SMARTS) is 1. The van der Waals surface area contributed by atoms with Crippen molar-refractivity contribution in [2.75, 3.05) is 134 Å². The molecule has 100 heavy (non-hydrogen) atoms. The number of carboxylic acids is 1. The van der Waals surface area contributed by atoms with Crippen LogP contribution in [0.3, 0.4) is 0 Å². The van der Waals surface area contributed by atoms with Crippen LogP contribution >= 0.6 is 71.9 Å². The molecule has 6 saturated heterocycles. The number of nitrogens with one attached hydrogen (secondary N) is 3. The van der Waals surface area contributed by atoms with Gasteiger partial charge in [-0.2, -0.15) is 0 Å². The van der Waals surface area contributed by atoms with Gasteiger partial charge in [0.05, 0.1) is 71.0 Å². The van der Waals surface area contributed by atoms with E-state index < -0.39 is 5.97 Å². The van der Waals surface area contributed by atoms with Crippen LogP contribution < -0.4 is 32.6 Å². The second-order valence-corrected chi connectivity index (χ2v) is 29.5. The number of fused-ring (bicyclic) bond motifs is 3. The number of morpholine rings is 3. The second kappa shape index (κ2) is 37.0. The third-order valence-electron chi connectivity index (χ3n) is 16.3. The molecule has 6 aliphatic rings. The Morgan fingerprint density at radius 3 is 0.950 bits per heavy atom. The number of amides is 3. The zero-order valence-electron chi connectivity index (χ0n) is 57.1. The van der Waals surface area contributed by atoms with Crippen LogP contribution in [0, 0.1) is 0 Å². The minimum absolute atomic E-state index is 0.0398. The van der Waals surface area contributed by atoms with Crippen molar-refractivity contribution in [2.45, 2.75) is 85.9 Å². The SMILES string of the molecule is CC(=O)O.CC(C)N1C(=O)/C(=C/c2c(NCCCN3CCOCC3)nc3ccccn3c2=O)SC1=S.CC(C)N1C(=O)/C(=C/c2c(NCCCN3CCOCC3)nc3ccccn3c2=O)SC1=S.CC(C)N1C(=O)/C(=C/c2c(NCCCN3CCOCC3)nc3ccccn3c2=O)SC1=S. The fraction of sp³-hybridized carbons (Fsp3) is 0.456. The van der Waals surface area contributed by atoms with Crippen molar-refractivity contribution in [2.24, 2.45) is 0 Å². The van der Waals surface area contributed by atoms with E-state index in [0.717, 1.165) is 125 Å². The first-order valence-corrected chi connectivity index (χ1v) is 36.9. The standard InChI is InChI=1S/3C22H27N5O3S2.C2H4O2/c3*1-15(2)27-21(29)17(32-22(27)31)14-16-19(23-7-5-8-25-10-12-30-13-11-25)24-18-6-3-4-9-26(18)20(16)28;1-2(3)4/h3*3-4,6,9,14-15,23H,5,7-8,10-13H2,1-2H3;1H3,(H,3,4)/b3*17-14-;. The first-order chi connectivity index (χ1) is 48.1. The lowest BCUT2D eigenvalue weighted by molar-refractivity contribution is -0.134. The molecule has 3 amide bonds. The number of ether oxygens (including phenoxy) is 3. The lowest BCUT2D eigenvalue weighted by Crippen LogP contribution is -2.37. The molecular weight excluding hydrogens is 1400 g/mol. The third-order valence-corrected chi connectivity index (χ3v) is 20.3. The normalized spacial score (nSPS) is 18.5. The monoisotopic (exact) mass is 1480 g/mol. The van der Waals surface area contributed by atoms with Crippen LogP contribution in [-0.4, -0.2) is 236 Å². The Labute approximate surface area is 608 Å². The van der Waals surface area contributed by atoms with Crippen molar-refractivity contribution < 1.29 is 38.5 Å². The van der Waals surface area contributed by atoms with Crippen molar-refractivity contribution in [3.63, 3.8) is 0 Å². The van der Waals surface area contributed by atoms with Crippen LogP contribution in [-0.2, 0) is 33.4 Å². The second-order valence-electron chi connectivity index (χ2n) is 24.5. The topological polar surface area (TPSA) is 275 Å². The molecule has 0 spiro atoms. The van der Waals surface area contributed by atoms with Gasteiger partial charge >= 0.3 is 0 Å². The number of anilines is 3. The molecule has 0 atom stereocenters. The molecular formula is C68H85N15O11S6. The molecule has 6 fully saturated rings. The Bertz CT molecular complexity index is 3860. The highest BCUT2D eigenvalue weighted by atomic mass is 32.2. The molecule has 6 aliphatic heterocycles. The Morgan fingerprint density at radius 1 is 0.470 bits per heavy atom. The minimum Gasteiger partial charge on any atom is -0.481 e. The highest BCUT2D eigenvalue weighted by molar-refractivity contribution is 8.27. The molecule has 6 aromatic rings. The molecule has 534 valence electrons. The molecule has 0 aliphatic carbocycles. The Morgan fingerprint density at radius 2 is 0.720 bits per heavy atom. The fourth-order valence-corrected chi connectivity index (χ4v) is 15.8. The molecule has 12 heterocycles. The summed E-state index contributed by atoms with van der Waals surface area (Å²) in [6.45, 7) is 27.7. The van der Waals surface area contributed by atoms with Gasteiger partial charge in [0.15, 0.2) is 0 Å². The van der Waals surface area contributed by atoms with Crippen molar-refractivity contribution >= 4 is 161 Å². The number of hydrogen-bond acceptors (Lipinski definition) is 25. The summed E-state index contributed by atoms with van der Waals surface area (Å²) < 4.78 is 22.2. The van der Waals surface area contributed by atoms with Gasteiger partial charge < -0.3 is 35.3 Å². The van der Waals surface area contributed by atoms with Gasteiger partial charge in [-0.1, -0.05) is 90.1 Å². The van der Waals surface area contributed by atoms with E-state index >= 15 is 0 Å². The van der Waals surface area contributed by atoms with Gasteiger partial charge in [0, 0.05) is 103 Å². The number of pyridine rings is 3. The van der Waals surface area contributed by atoms with Crippen LogP contribution in [0.15, 0.2) is 102 Å².